The summed E-state index contributed by atoms with van der Waals surface area (Å²) in [5.74, 6) is 0.336. The Balaban J connectivity index is 2.06. The number of benzene rings is 2. The third kappa shape index (κ3) is 3.51. The third-order valence-electron chi connectivity index (χ3n) is 3.01. The van der Waals surface area contributed by atoms with E-state index in [1.165, 1.54) is 7.11 Å². The van der Waals surface area contributed by atoms with E-state index in [4.69, 9.17) is 15.7 Å². The Morgan fingerprint density at radius 1 is 1.33 bits per heavy atom. The Labute approximate surface area is 123 Å². The lowest BCUT2D eigenvalue weighted by Crippen LogP contribution is -2.23. The van der Waals surface area contributed by atoms with Crippen molar-refractivity contribution in [2.75, 3.05) is 12.8 Å². The van der Waals surface area contributed by atoms with Gasteiger partial charge < -0.3 is 15.8 Å². The number of carbonyl (C=O) groups is 1. The SMILES string of the molecule is COc1ccc(C(=O)NCc2cccc(C#N)c2)c(N)c1. The fraction of sp³-hybridized carbons (Fsp3) is 0.125. The Kier molecular flexibility index (Phi) is 4.42. The average molecular weight is 281 g/mol. The van der Waals surface area contributed by atoms with E-state index < -0.39 is 0 Å². The molecule has 21 heavy (non-hydrogen) atoms. The van der Waals surface area contributed by atoms with Crippen LogP contribution in [0.3, 0.4) is 0 Å². The highest BCUT2D eigenvalue weighted by Crippen LogP contribution is 2.19. The van der Waals surface area contributed by atoms with Crippen molar-refractivity contribution in [2.45, 2.75) is 6.54 Å². The zero-order valence-electron chi connectivity index (χ0n) is 11.6. The highest BCUT2D eigenvalue weighted by Gasteiger charge is 2.10. The fourth-order valence-electron chi connectivity index (χ4n) is 1.90. The number of nitrogens with one attached hydrogen (secondary N) is 1. The molecule has 0 saturated heterocycles. The first-order valence-electron chi connectivity index (χ1n) is 6.35. The predicted octanol–water partition coefficient (Wildman–Crippen LogP) is 2.08. The molecule has 106 valence electrons. The molecule has 2 aromatic carbocycles. The minimum atomic E-state index is -0.266. The van der Waals surface area contributed by atoms with E-state index in [0.717, 1.165) is 5.56 Å². The van der Waals surface area contributed by atoms with Crippen LogP contribution in [0, 0.1) is 11.3 Å². The van der Waals surface area contributed by atoms with Crippen molar-refractivity contribution < 1.29 is 9.53 Å². The lowest BCUT2D eigenvalue weighted by Gasteiger charge is -2.09. The molecule has 0 aliphatic carbocycles. The predicted molar refractivity (Wildman–Crippen MR) is 79.7 cm³/mol. The van der Waals surface area contributed by atoms with E-state index in [1.54, 1.807) is 36.4 Å². The molecule has 0 spiro atoms. The second-order valence-electron chi connectivity index (χ2n) is 4.45. The van der Waals surface area contributed by atoms with Gasteiger partial charge in [-0.15, -0.1) is 0 Å². The molecule has 0 heterocycles. The fourth-order valence-corrected chi connectivity index (χ4v) is 1.90. The van der Waals surface area contributed by atoms with Gasteiger partial charge in [-0.05, 0) is 29.8 Å². The number of methoxy groups -OCH3 is 1. The first-order valence-corrected chi connectivity index (χ1v) is 6.35. The van der Waals surface area contributed by atoms with E-state index in [-0.39, 0.29) is 5.91 Å². The number of ether oxygens (including phenoxy) is 1. The molecule has 2 aromatic rings. The van der Waals surface area contributed by atoms with Crippen molar-refractivity contribution in [2.24, 2.45) is 0 Å². The molecule has 0 aliphatic heterocycles. The largest absolute Gasteiger partial charge is 0.497 e. The van der Waals surface area contributed by atoms with Gasteiger partial charge in [0.15, 0.2) is 0 Å². The third-order valence-corrected chi connectivity index (χ3v) is 3.01. The molecule has 0 aromatic heterocycles. The van der Waals surface area contributed by atoms with Crippen molar-refractivity contribution in [1.82, 2.24) is 5.32 Å². The van der Waals surface area contributed by atoms with Gasteiger partial charge in [-0.25, -0.2) is 0 Å². The van der Waals surface area contributed by atoms with E-state index in [0.29, 0.717) is 29.1 Å². The van der Waals surface area contributed by atoms with Crippen LogP contribution >= 0.6 is 0 Å². The summed E-state index contributed by atoms with van der Waals surface area (Å²) in [6.45, 7) is 0.333. The summed E-state index contributed by atoms with van der Waals surface area (Å²) in [5.41, 5.74) is 8.00. The monoisotopic (exact) mass is 281 g/mol. The zero-order valence-corrected chi connectivity index (χ0v) is 11.6. The van der Waals surface area contributed by atoms with Crippen LogP contribution in [0.15, 0.2) is 42.5 Å². The van der Waals surface area contributed by atoms with Crippen molar-refractivity contribution in [3.05, 3.63) is 59.2 Å². The summed E-state index contributed by atoms with van der Waals surface area (Å²) in [6, 6.07) is 14.0. The van der Waals surface area contributed by atoms with Crippen molar-refractivity contribution >= 4 is 11.6 Å². The van der Waals surface area contributed by atoms with Crippen LogP contribution in [0.5, 0.6) is 5.75 Å². The number of carbonyl (C=O) groups excluding carboxylic acids is 1. The summed E-state index contributed by atoms with van der Waals surface area (Å²) in [6.07, 6.45) is 0. The molecule has 0 unspecified atom stereocenters. The standard InChI is InChI=1S/C16H15N3O2/c1-21-13-5-6-14(15(18)8-13)16(20)19-10-12-4-2-3-11(7-12)9-17/h2-8H,10,18H2,1H3,(H,19,20). The van der Waals surface area contributed by atoms with Gasteiger partial charge in [-0.2, -0.15) is 5.26 Å². The number of nitrogens with two attached hydrogens (primary N) is 1. The summed E-state index contributed by atoms with van der Waals surface area (Å²) in [7, 11) is 1.54. The summed E-state index contributed by atoms with van der Waals surface area (Å²) in [5, 5.41) is 11.6. The Morgan fingerprint density at radius 3 is 2.81 bits per heavy atom. The molecule has 0 fully saturated rings. The Hall–Kier alpha value is -3.00. The van der Waals surface area contributed by atoms with Gasteiger partial charge in [-0.1, -0.05) is 12.1 Å². The zero-order chi connectivity index (χ0) is 15.2. The summed E-state index contributed by atoms with van der Waals surface area (Å²) in [4.78, 5) is 12.1. The number of hydrogen-bond acceptors (Lipinski definition) is 4. The molecule has 3 N–H and O–H groups in total. The minimum Gasteiger partial charge on any atom is -0.497 e. The number of nitrogen functional groups attached to an aromatic ring is 1. The first-order chi connectivity index (χ1) is 10.1. The molecule has 0 atom stereocenters. The maximum Gasteiger partial charge on any atom is 0.253 e. The first kappa shape index (κ1) is 14.4. The number of nitriles is 1. The topological polar surface area (TPSA) is 88.1 Å². The number of amides is 1. The molecule has 0 aliphatic rings. The van der Waals surface area contributed by atoms with Gasteiger partial charge >= 0.3 is 0 Å². The van der Waals surface area contributed by atoms with Crippen molar-refractivity contribution in [3.8, 4) is 11.8 Å². The Morgan fingerprint density at radius 2 is 2.14 bits per heavy atom. The number of rotatable bonds is 4. The lowest BCUT2D eigenvalue weighted by atomic mass is 10.1. The molecule has 0 radical (unpaired) electrons. The minimum absolute atomic E-state index is 0.266. The van der Waals surface area contributed by atoms with E-state index in [2.05, 4.69) is 11.4 Å². The van der Waals surface area contributed by atoms with E-state index in [9.17, 15) is 4.79 Å². The maximum absolute atomic E-state index is 12.1. The molecule has 5 nitrogen and oxygen atoms in total. The quantitative estimate of drug-likeness (QED) is 0.840. The van der Waals surface area contributed by atoms with Crippen LogP contribution in [-0.2, 0) is 6.54 Å². The van der Waals surface area contributed by atoms with Gasteiger partial charge in [0, 0.05) is 18.3 Å². The smallest absolute Gasteiger partial charge is 0.253 e. The lowest BCUT2D eigenvalue weighted by molar-refractivity contribution is 0.0952. The van der Waals surface area contributed by atoms with Crippen molar-refractivity contribution in [1.29, 1.82) is 5.26 Å². The van der Waals surface area contributed by atoms with Crippen LogP contribution in [0.25, 0.3) is 0 Å². The van der Waals surface area contributed by atoms with Crippen LogP contribution < -0.4 is 15.8 Å². The highest BCUT2D eigenvalue weighted by molar-refractivity contribution is 5.99. The number of nitrogens with zero attached hydrogens (tertiary/aromatic N) is 1. The van der Waals surface area contributed by atoms with Gasteiger partial charge in [0.25, 0.3) is 5.91 Å². The average Bonchev–Trinajstić information content (AvgIpc) is 2.52. The number of anilines is 1. The van der Waals surface area contributed by atoms with Crippen LogP contribution in [-0.4, -0.2) is 13.0 Å². The molecule has 0 bridgehead atoms. The van der Waals surface area contributed by atoms with Crippen LogP contribution in [0.4, 0.5) is 5.69 Å². The normalized spacial score (nSPS) is 9.71. The van der Waals surface area contributed by atoms with Crippen LogP contribution in [0.1, 0.15) is 21.5 Å². The Bertz CT molecular complexity index is 705. The van der Waals surface area contributed by atoms with E-state index >= 15 is 0 Å². The maximum atomic E-state index is 12.1. The molecular formula is C16H15N3O2. The van der Waals surface area contributed by atoms with Gasteiger partial charge in [0.2, 0.25) is 0 Å². The second-order valence-corrected chi connectivity index (χ2v) is 4.45. The van der Waals surface area contributed by atoms with E-state index in [1.807, 2.05) is 6.07 Å². The van der Waals surface area contributed by atoms with Crippen molar-refractivity contribution in [3.63, 3.8) is 0 Å². The van der Waals surface area contributed by atoms with Gasteiger partial charge in [0.1, 0.15) is 5.75 Å². The summed E-state index contributed by atoms with van der Waals surface area (Å²) >= 11 is 0. The van der Waals surface area contributed by atoms with Gasteiger partial charge in [-0.3, -0.25) is 4.79 Å². The van der Waals surface area contributed by atoms with Crippen LogP contribution in [0.2, 0.25) is 0 Å². The number of hydrogen-bond donors (Lipinski definition) is 2. The molecule has 0 saturated carbocycles. The molecule has 1 amide bonds. The highest BCUT2D eigenvalue weighted by atomic mass is 16.5. The molecule has 5 heteroatoms. The molecule has 2 rings (SSSR count). The second kappa shape index (κ2) is 6.44. The summed E-state index contributed by atoms with van der Waals surface area (Å²) < 4.78 is 5.04. The van der Waals surface area contributed by atoms with Gasteiger partial charge in [0.05, 0.1) is 24.3 Å². The molecular weight excluding hydrogens is 266 g/mol.